The highest BCUT2D eigenvalue weighted by molar-refractivity contribution is 6.32. The van der Waals surface area contributed by atoms with Crippen LogP contribution in [0.4, 0.5) is 0 Å². The number of hydrogen-bond acceptors (Lipinski definition) is 2. The van der Waals surface area contributed by atoms with Gasteiger partial charge in [0.25, 0.3) is 0 Å². The van der Waals surface area contributed by atoms with E-state index in [1.54, 1.807) is 0 Å². The minimum Gasteiger partial charge on any atom is -0.330 e. The highest BCUT2D eigenvalue weighted by atomic mass is 35.5. The summed E-state index contributed by atoms with van der Waals surface area (Å²) in [6.45, 7) is 4.68. The molecule has 16 heavy (non-hydrogen) atoms. The summed E-state index contributed by atoms with van der Waals surface area (Å²) in [6, 6.07) is 8.02. The second-order valence-corrected chi connectivity index (χ2v) is 4.52. The highest BCUT2D eigenvalue weighted by Crippen LogP contribution is 2.25. The lowest BCUT2D eigenvalue weighted by Crippen LogP contribution is -2.10. The van der Waals surface area contributed by atoms with Crippen molar-refractivity contribution in [3.8, 4) is 0 Å². The zero-order chi connectivity index (χ0) is 11.7. The molecule has 1 unspecified atom stereocenters. The first-order valence-corrected chi connectivity index (χ1v) is 5.77. The molecule has 1 aromatic carbocycles. The number of nitrogens with zero attached hydrogens (tertiary/aromatic N) is 1. The van der Waals surface area contributed by atoms with Gasteiger partial charge in [-0.05, 0) is 24.6 Å². The Bertz CT molecular complexity index is 523. The van der Waals surface area contributed by atoms with Gasteiger partial charge in [-0.3, -0.25) is 4.98 Å². The largest absolute Gasteiger partial charge is 0.330 e. The van der Waals surface area contributed by atoms with Gasteiger partial charge in [0.2, 0.25) is 0 Å². The monoisotopic (exact) mass is 234 g/mol. The van der Waals surface area contributed by atoms with Crippen LogP contribution < -0.4 is 5.73 Å². The van der Waals surface area contributed by atoms with Gasteiger partial charge >= 0.3 is 0 Å². The second kappa shape index (κ2) is 4.40. The topological polar surface area (TPSA) is 38.9 Å². The fourth-order valence-electron chi connectivity index (χ4n) is 1.72. The minimum atomic E-state index is 0.280. The Hall–Kier alpha value is -1.12. The molecule has 1 aromatic heterocycles. The van der Waals surface area contributed by atoms with Crippen molar-refractivity contribution in [3.63, 3.8) is 0 Å². The summed E-state index contributed by atoms with van der Waals surface area (Å²) in [5.74, 6) is 0.280. The van der Waals surface area contributed by atoms with Crippen molar-refractivity contribution in [2.75, 3.05) is 6.54 Å². The number of hydrogen-bond donors (Lipinski definition) is 1. The molecule has 0 fully saturated rings. The van der Waals surface area contributed by atoms with Crippen molar-refractivity contribution in [3.05, 3.63) is 40.5 Å². The number of fused-ring (bicyclic) bond motifs is 1. The van der Waals surface area contributed by atoms with E-state index in [4.69, 9.17) is 17.3 Å². The van der Waals surface area contributed by atoms with E-state index < -0.39 is 0 Å². The molecule has 2 aromatic rings. The van der Waals surface area contributed by atoms with Crippen molar-refractivity contribution < 1.29 is 0 Å². The van der Waals surface area contributed by atoms with Crippen LogP contribution >= 0.6 is 11.6 Å². The predicted molar refractivity (Wildman–Crippen MR) is 69.0 cm³/mol. The van der Waals surface area contributed by atoms with E-state index in [1.807, 2.05) is 25.1 Å². The second-order valence-electron chi connectivity index (χ2n) is 4.12. The van der Waals surface area contributed by atoms with Gasteiger partial charge in [-0.1, -0.05) is 30.7 Å². The Kier molecular flexibility index (Phi) is 3.13. The average molecular weight is 235 g/mol. The van der Waals surface area contributed by atoms with Crippen molar-refractivity contribution >= 4 is 22.5 Å². The third-order valence-corrected chi connectivity index (χ3v) is 3.34. The van der Waals surface area contributed by atoms with E-state index in [9.17, 15) is 0 Å². The minimum absolute atomic E-state index is 0.280. The van der Waals surface area contributed by atoms with Crippen LogP contribution in [0.3, 0.4) is 0 Å². The number of rotatable bonds is 2. The average Bonchev–Trinajstić information content (AvgIpc) is 2.32. The lowest BCUT2D eigenvalue weighted by atomic mass is 10.0. The van der Waals surface area contributed by atoms with Crippen LogP contribution in [-0.4, -0.2) is 11.5 Å². The molecule has 3 heteroatoms. The van der Waals surface area contributed by atoms with Crippen LogP contribution in [0.1, 0.15) is 24.1 Å². The molecule has 84 valence electrons. The normalized spacial score (nSPS) is 13.0. The smallest absolute Gasteiger partial charge is 0.0749 e. The molecule has 0 aliphatic carbocycles. The van der Waals surface area contributed by atoms with Gasteiger partial charge in [0.15, 0.2) is 0 Å². The fourth-order valence-corrected chi connectivity index (χ4v) is 1.87. The molecule has 0 aliphatic rings. The summed E-state index contributed by atoms with van der Waals surface area (Å²) in [5, 5.41) is 1.88. The highest BCUT2D eigenvalue weighted by Gasteiger charge is 2.08. The number of aryl methyl sites for hydroxylation is 1. The van der Waals surface area contributed by atoms with Crippen molar-refractivity contribution in [2.45, 2.75) is 19.8 Å². The van der Waals surface area contributed by atoms with Gasteiger partial charge in [-0.25, -0.2) is 0 Å². The van der Waals surface area contributed by atoms with Gasteiger partial charge in [0.05, 0.1) is 5.52 Å². The Balaban J connectivity index is 2.64. The van der Waals surface area contributed by atoms with Crippen LogP contribution in [0.5, 0.6) is 0 Å². The fraction of sp³-hybridized carbons (Fsp3) is 0.308. The SMILES string of the molecule is Cc1c(Cl)ccc2ccc(C(C)CN)nc12. The number of aromatic nitrogens is 1. The molecule has 0 bridgehead atoms. The summed E-state index contributed by atoms with van der Waals surface area (Å²) in [4.78, 5) is 4.64. The first-order chi connectivity index (χ1) is 7.63. The van der Waals surface area contributed by atoms with E-state index in [1.165, 1.54) is 0 Å². The molecule has 0 amide bonds. The van der Waals surface area contributed by atoms with E-state index in [2.05, 4.69) is 18.0 Å². The Labute approximate surface area is 100 Å². The maximum Gasteiger partial charge on any atom is 0.0749 e. The Morgan fingerprint density at radius 2 is 2.00 bits per heavy atom. The van der Waals surface area contributed by atoms with Crippen LogP contribution in [0.25, 0.3) is 10.9 Å². The molecular weight excluding hydrogens is 220 g/mol. The molecule has 0 saturated heterocycles. The summed E-state index contributed by atoms with van der Waals surface area (Å²) >= 11 is 6.09. The molecule has 0 radical (unpaired) electrons. The van der Waals surface area contributed by atoms with Crippen LogP contribution in [0.15, 0.2) is 24.3 Å². The van der Waals surface area contributed by atoms with E-state index >= 15 is 0 Å². The molecule has 0 spiro atoms. The number of nitrogens with two attached hydrogens (primary N) is 1. The lowest BCUT2D eigenvalue weighted by molar-refractivity contribution is 0.749. The van der Waals surface area contributed by atoms with Gasteiger partial charge in [0.1, 0.15) is 0 Å². The third-order valence-electron chi connectivity index (χ3n) is 2.93. The molecular formula is C13H15ClN2. The van der Waals surface area contributed by atoms with E-state index in [0.717, 1.165) is 27.2 Å². The first-order valence-electron chi connectivity index (χ1n) is 5.39. The van der Waals surface area contributed by atoms with Crippen molar-refractivity contribution in [1.82, 2.24) is 4.98 Å². The van der Waals surface area contributed by atoms with Crippen molar-refractivity contribution in [1.29, 1.82) is 0 Å². The molecule has 2 nitrogen and oxygen atoms in total. The Morgan fingerprint density at radius 1 is 1.31 bits per heavy atom. The zero-order valence-corrected chi connectivity index (χ0v) is 10.3. The number of benzene rings is 1. The zero-order valence-electron chi connectivity index (χ0n) is 9.50. The molecule has 0 aliphatic heterocycles. The van der Waals surface area contributed by atoms with E-state index in [-0.39, 0.29) is 5.92 Å². The van der Waals surface area contributed by atoms with Crippen LogP contribution in [-0.2, 0) is 0 Å². The van der Waals surface area contributed by atoms with Gasteiger partial charge < -0.3 is 5.73 Å². The number of pyridine rings is 1. The predicted octanol–water partition coefficient (Wildman–Crippen LogP) is 3.26. The van der Waals surface area contributed by atoms with Gasteiger partial charge in [-0.15, -0.1) is 0 Å². The third kappa shape index (κ3) is 1.91. The molecule has 1 heterocycles. The standard InChI is InChI=1S/C13H15ClN2/c1-8(7-15)12-6-4-10-3-5-11(14)9(2)13(10)16-12/h3-6,8H,7,15H2,1-2H3. The first kappa shape index (κ1) is 11.4. The Morgan fingerprint density at radius 3 is 2.69 bits per heavy atom. The summed E-state index contributed by atoms with van der Waals surface area (Å²) in [6.07, 6.45) is 0. The molecule has 2 N–H and O–H groups in total. The number of halogens is 1. The van der Waals surface area contributed by atoms with Crippen LogP contribution in [0.2, 0.25) is 5.02 Å². The molecule has 0 saturated carbocycles. The van der Waals surface area contributed by atoms with E-state index in [0.29, 0.717) is 6.54 Å². The van der Waals surface area contributed by atoms with Crippen molar-refractivity contribution in [2.24, 2.45) is 5.73 Å². The quantitative estimate of drug-likeness (QED) is 0.866. The van der Waals surface area contributed by atoms with Gasteiger partial charge in [-0.2, -0.15) is 0 Å². The van der Waals surface area contributed by atoms with Gasteiger partial charge in [0, 0.05) is 28.6 Å². The summed E-state index contributed by atoms with van der Waals surface area (Å²) in [7, 11) is 0. The molecule has 2 rings (SSSR count). The van der Waals surface area contributed by atoms with Crippen LogP contribution in [0, 0.1) is 6.92 Å². The summed E-state index contributed by atoms with van der Waals surface area (Å²) in [5.41, 5.74) is 8.69. The molecule has 1 atom stereocenters. The maximum absolute atomic E-state index is 6.09. The summed E-state index contributed by atoms with van der Waals surface area (Å²) < 4.78 is 0. The maximum atomic E-state index is 6.09. The lowest BCUT2D eigenvalue weighted by Gasteiger charge is -2.10.